The van der Waals surface area contributed by atoms with Crippen LogP contribution in [0.15, 0.2) is 72.1 Å². The van der Waals surface area contributed by atoms with E-state index in [1.165, 1.54) is 11.3 Å². The Morgan fingerprint density at radius 2 is 1.54 bits per heavy atom. The van der Waals surface area contributed by atoms with Gasteiger partial charge >= 0.3 is 11.9 Å². The average molecular weight is 368 g/mol. The van der Waals surface area contributed by atoms with Gasteiger partial charge in [-0.05, 0) is 47.8 Å². The maximum absolute atomic E-state index is 12.0. The summed E-state index contributed by atoms with van der Waals surface area (Å²) in [5.74, 6) is 0.207. The van der Waals surface area contributed by atoms with E-state index in [0.29, 0.717) is 16.2 Å². The number of hydrogen-bond donors (Lipinski definition) is 0. The van der Waals surface area contributed by atoms with Crippen molar-refractivity contribution in [3.05, 3.63) is 82.6 Å². The van der Waals surface area contributed by atoms with E-state index in [-0.39, 0.29) is 13.2 Å². The van der Waals surface area contributed by atoms with E-state index < -0.39 is 11.9 Å². The summed E-state index contributed by atoms with van der Waals surface area (Å²) in [6, 6.07) is 19.0. The SMILES string of the molecule is O=C(OCCOc1ccccc1)c1ccc(OC(=O)c2cccs2)cc1. The molecule has 0 bridgehead atoms. The number of thiophene rings is 1. The van der Waals surface area contributed by atoms with E-state index in [2.05, 4.69) is 0 Å². The Hall–Kier alpha value is -3.12. The van der Waals surface area contributed by atoms with Crippen molar-refractivity contribution in [1.29, 1.82) is 0 Å². The molecule has 0 unspecified atom stereocenters. The lowest BCUT2D eigenvalue weighted by molar-refractivity contribution is 0.0450. The second-order valence-electron chi connectivity index (χ2n) is 5.19. The fourth-order valence-electron chi connectivity index (χ4n) is 2.11. The quantitative estimate of drug-likeness (QED) is 0.355. The van der Waals surface area contributed by atoms with E-state index in [1.807, 2.05) is 30.3 Å². The van der Waals surface area contributed by atoms with Crippen LogP contribution in [0.5, 0.6) is 11.5 Å². The van der Waals surface area contributed by atoms with Gasteiger partial charge in [-0.2, -0.15) is 0 Å². The van der Waals surface area contributed by atoms with Gasteiger partial charge < -0.3 is 14.2 Å². The summed E-state index contributed by atoms with van der Waals surface area (Å²) in [4.78, 5) is 24.4. The number of para-hydroxylation sites is 1. The van der Waals surface area contributed by atoms with Gasteiger partial charge in [-0.3, -0.25) is 0 Å². The molecule has 5 nitrogen and oxygen atoms in total. The summed E-state index contributed by atoms with van der Waals surface area (Å²) in [5, 5.41) is 1.80. The van der Waals surface area contributed by atoms with Gasteiger partial charge in [0.15, 0.2) is 0 Å². The second-order valence-corrected chi connectivity index (χ2v) is 6.14. The predicted octanol–water partition coefficient (Wildman–Crippen LogP) is 4.20. The predicted molar refractivity (Wildman–Crippen MR) is 97.9 cm³/mol. The third kappa shape index (κ3) is 4.94. The van der Waals surface area contributed by atoms with Crippen LogP contribution in [0.3, 0.4) is 0 Å². The Morgan fingerprint density at radius 1 is 0.769 bits per heavy atom. The molecule has 0 N–H and O–H groups in total. The van der Waals surface area contributed by atoms with Crippen LogP contribution in [-0.4, -0.2) is 25.2 Å². The lowest BCUT2D eigenvalue weighted by Crippen LogP contribution is -2.12. The van der Waals surface area contributed by atoms with Crippen LogP contribution < -0.4 is 9.47 Å². The lowest BCUT2D eigenvalue weighted by atomic mass is 10.2. The Morgan fingerprint density at radius 3 is 2.23 bits per heavy atom. The zero-order chi connectivity index (χ0) is 18.2. The molecule has 0 aliphatic heterocycles. The number of hydrogen-bond acceptors (Lipinski definition) is 6. The first kappa shape index (κ1) is 17.7. The van der Waals surface area contributed by atoms with Gasteiger partial charge in [0.25, 0.3) is 0 Å². The van der Waals surface area contributed by atoms with Crippen molar-refractivity contribution in [2.75, 3.05) is 13.2 Å². The molecule has 26 heavy (non-hydrogen) atoms. The molecule has 0 saturated heterocycles. The molecule has 0 saturated carbocycles. The fraction of sp³-hybridized carbons (Fsp3) is 0.100. The first-order valence-electron chi connectivity index (χ1n) is 7.93. The summed E-state index contributed by atoms with van der Waals surface area (Å²) in [5.41, 5.74) is 0.376. The van der Waals surface area contributed by atoms with E-state index in [4.69, 9.17) is 14.2 Å². The summed E-state index contributed by atoms with van der Waals surface area (Å²) < 4.78 is 15.9. The van der Waals surface area contributed by atoms with Crippen molar-refractivity contribution in [3.63, 3.8) is 0 Å². The monoisotopic (exact) mass is 368 g/mol. The number of carbonyl (C=O) groups is 2. The number of ether oxygens (including phenoxy) is 3. The topological polar surface area (TPSA) is 61.8 Å². The molecular weight excluding hydrogens is 352 g/mol. The standard InChI is InChI=1S/C20H16O5S/c21-19(24-13-12-23-16-5-2-1-3-6-16)15-8-10-17(11-9-15)25-20(22)18-7-4-14-26-18/h1-11,14H,12-13H2. The highest BCUT2D eigenvalue weighted by atomic mass is 32.1. The molecule has 0 radical (unpaired) electrons. The summed E-state index contributed by atoms with van der Waals surface area (Å²) in [7, 11) is 0. The van der Waals surface area contributed by atoms with Gasteiger partial charge in [0.05, 0.1) is 5.56 Å². The second kappa shape index (κ2) is 8.82. The Labute approximate surface area is 154 Å². The molecule has 1 heterocycles. The first-order valence-corrected chi connectivity index (χ1v) is 8.81. The third-order valence-electron chi connectivity index (χ3n) is 3.35. The summed E-state index contributed by atoms with van der Waals surface area (Å²) >= 11 is 1.31. The average Bonchev–Trinajstić information content (AvgIpc) is 3.21. The van der Waals surface area contributed by atoms with E-state index in [0.717, 1.165) is 5.75 Å². The Balaban J connectivity index is 1.45. The van der Waals surface area contributed by atoms with Crippen LogP contribution in [0, 0.1) is 0 Å². The summed E-state index contributed by atoms with van der Waals surface area (Å²) in [6.07, 6.45) is 0. The highest BCUT2D eigenvalue weighted by molar-refractivity contribution is 7.12. The van der Waals surface area contributed by atoms with Gasteiger partial charge in [0, 0.05) is 0 Å². The Bertz CT molecular complexity index is 842. The molecule has 0 amide bonds. The summed E-state index contributed by atoms with van der Waals surface area (Å²) in [6.45, 7) is 0.412. The molecular formula is C20H16O5S. The van der Waals surface area contributed by atoms with Gasteiger partial charge in [0.2, 0.25) is 0 Å². The van der Waals surface area contributed by atoms with Crippen LogP contribution in [0.2, 0.25) is 0 Å². The van der Waals surface area contributed by atoms with Crippen molar-refractivity contribution in [1.82, 2.24) is 0 Å². The number of benzene rings is 2. The molecule has 0 fully saturated rings. The molecule has 0 aliphatic carbocycles. The van der Waals surface area contributed by atoms with Crippen molar-refractivity contribution in [3.8, 4) is 11.5 Å². The minimum absolute atomic E-state index is 0.142. The molecule has 0 spiro atoms. The van der Waals surface area contributed by atoms with Gasteiger partial charge in [-0.15, -0.1) is 11.3 Å². The fourth-order valence-corrected chi connectivity index (χ4v) is 2.70. The van der Waals surface area contributed by atoms with E-state index in [1.54, 1.807) is 41.8 Å². The number of esters is 2. The van der Waals surface area contributed by atoms with Gasteiger partial charge in [-0.25, -0.2) is 9.59 Å². The molecule has 132 valence electrons. The van der Waals surface area contributed by atoms with Crippen molar-refractivity contribution in [2.45, 2.75) is 0 Å². The maximum atomic E-state index is 12.0. The largest absolute Gasteiger partial charge is 0.490 e. The molecule has 0 atom stereocenters. The van der Waals surface area contributed by atoms with Crippen LogP contribution in [0.4, 0.5) is 0 Å². The van der Waals surface area contributed by atoms with Crippen LogP contribution >= 0.6 is 11.3 Å². The van der Waals surface area contributed by atoms with Gasteiger partial charge in [-0.1, -0.05) is 24.3 Å². The minimum Gasteiger partial charge on any atom is -0.490 e. The van der Waals surface area contributed by atoms with Crippen molar-refractivity contribution >= 4 is 23.3 Å². The van der Waals surface area contributed by atoms with Gasteiger partial charge in [0.1, 0.15) is 29.6 Å². The Kier molecular flexibility index (Phi) is 6.01. The molecule has 2 aromatic carbocycles. The smallest absolute Gasteiger partial charge is 0.353 e. The third-order valence-corrected chi connectivity index (χ3v) is 4.20. The van der Waals surface area contributed by atoms with E-state index in [9.17, 15) is 9.59 Å². The van der Waals surface area contributed by atoms with Crippen LogP contribution in [0.1, 0.15) is 20.0 Å². The van der Waals surface area contributed by atoms with Crippen molar-refractivity contribution in [2.24, 2.45) is 0 Å². The zero-order valence-corrected chi connectivity index (χ0v) is 14.6. The number of carbonyl (C=O) groups excluding carboxylic acids is 2. The molecule has 3 rings (SSSR count). The minimum atomic E-state index is -0.460. The van der Waals surface area contributed by atoms with Crippen molar-refractivity contribution < 1.29 is 23.8 Å². The number of rotatable bonds is 7. The molecule has 1 aromatic heterocycles. The zero-order valence-electron chi connectivity index (χ0n) is 13.8. The lowest BCUT2D eigenvalue weighted by Gasteiger charge is -2.08. The highest BCUT2D eigenvalue weighted by Crippen LogP contribution is 2.17. The van der Waals surface area contributed by atoms with Crippen LogP contribution in [-0.2, 0) is 4.74 Å². The molecule has 3 aromatic rings. The molecule has 6 heteroatoms. The van der Waals surface area contributed by atoms with E-state index >= 15 is 0 Å². The first-order chi connectivity index (χ1) is 12.7. The highest BCUT2D eigenvalue weighted by Gasteiger charge is 2.11. The van der Waals surface area contributed by atoms with Crippen LogP contribution in [0.25, 0.3) is 0 Å². The normalized spacial score (nSPS) is 10.2. The molecule has 0 aliphatic rings. The maximum Gasteiger partial charge on any atom is 0.353 e.